The van der Waals surface area contributed by atoms with Gasteiger partial charge in [-0.25, -0.2) is 4.79 Å². The summed E-state index contributed by atoms with van der Waals surface area (Å²) in [6.45, 7) is 3.35. The number of nitro groups is 1. The third-order valence-electron chi connectivity index (χ3n) is 3.91. The Morgan fingerprint density at radius 1 is 1.11 bits per heavy atom. The van der Waals surface area contributed by atoms with Crippen molar-refractivity contribution in [3.63, 3.8) is 0 Å². The molecule has 27 heavy (non-hydrogen) atoms. The van der Waals surface area contributed by atoms with Crippen LogP contribution in [0.25, 0.3) is 0 Å². The zero-order chi connectivity index (χ0) is 20.1. The second-order valence-corrected chi connectivity index (χ2v) is 5.58. The van der Waals surface area contributed by atoms with E-state index >= 15 is 0 Å². The van der Waals surface area contributed by atoms with Gasteiger partial charge in [-0.15, -0.1) is 0 Å². The monoisotopic (exact) mass is 378 g/mol. The summed E-state index contributed by atoms with van der Waals surface area (Å²) in [7, 11) is 0. The van der Waals surface area contributed by atoms with E-state index in [0.717, 1.165) is 12.1 Å². The fourth-order valence-corrected chi connectivity index (χ4v) is 2.72. The van der Waals surface area contributed by atoms with Crippen molar-refractivity contribution in [1.82, 2.24) is 4.90 Å². The minimum absolute atomic E-state index is 0.0172. The lowest BCUT2D eigenvalue weighted by Crippen LogP contribution is -2.46. The lowest BCUT2D eigenvalue weighted by atomic mass is 10.1. The number of carbonyl (C=O) groups excluding carboxylic acids is 4. The van der Waals surface area contributed by atoms with Gasteiger partial charge in [0, 0.05) is 18.6 Å². The molecule has 0 spiro atoms. The van der Waals surface area contributed by atoms with Crippen LogP contribution in [0.1, 0.15) is 47.4 Å². The SMILES string of the molecule is CCOC(=O)CC[C@@H](C(=O)OCC)N1C(=O)c2ccc([N+](=O)[O-])cc2C1=O. The highest BCUT2D eigenvalue weighted by Gasteiger charge is 2.44. The topological polar surface area (TPSA) is 133 Å². The molecule has 10 heteroatoms. The van der Waals surface area contributed by atoms with Crippen LogP contribution in [0.3, 0.4) is 0 Å². The van der Waals surface area contributed by atoms with Crippen LogP contribution < -0.4 is 0 Å². The Hall–Kier alpha value is -3.30. The van der Waals surface area contributed by atoms with Gasteiger partial charge in [-0.05, 0) is 26.3 Å². The van der Waals surface area contributed by atoms with Crippen molar-refractivity contribution >= 4 is 29.4 Å². The van der Waals surface area contributed by atoms with Gasteiger partial charge in [0.05, 0.1) is 29.3 Å². The maximum absolute atomic E-state index is 12.7. The number of esters is 2. The summed E-state index contributed by atoms with van der Waals surface area (Å²) in [6, 6.07) is 1.93. The van der Waals surface area contributed by atoms with E-state index in [4.69, 9.17) is 9.47 Å². The van der Waals surface area contributed by atoms with Crippen LogP contribution in [-0.4, -0.2) is 52.8 Å². The van der Waals surface area contributed by atoms with Gasteiger partial charge in [-0.3, -0.25) is 29.4 Å². The molecule has 0 saturated heterocycles. The molecule has 1 atom stereocenters. The van der Waals surface area contributed by atoms with E-state index in [0.29, 0.717) is 4.90 Å². The van der Waals surface area contributed by atoms with Gasteiger partial charge >= 0.3 is 11.9 Å². The number of amides is 2. The number of ether oxygens (including phenoxy) is 2. The molecule has 0 saturated carbocycles. The number of imide groups is 1. The minimum atomic E-state index is -1.33. The first-order chi connectivity index (χ1) is 12.8. The van der Waals surface area contributed by atoms with Crippen LogP contribution in [0.4, 0.5) is 5.69 Å². The van der Waals surface area contributed by atoms with Gasteiger partial charge in [-0.2, -0.15) is 0 Å². The number of nitro benzene ring substituents is 1. The van der Waals surface area contributed by atoms with Gasteiger partial charge < -0.3 is 9.47 Å². The molecular formula is C17H18N2O8. The van der Waals surface area contributed by atoms with E-state index < -0.39 is 34.7 Å². The summed E-state index contributed by atoms with van der Waals surface area (Å²) in [5.41, 5.74) is -0.563. The lowest BCUT2D eigenvalue weighted by molar-refractivity contribution is -0.384. The second kappa shape index (κ2) is 8.39. The Kier molecular flexibility index (Phi) is 6.22. The van der Waals surface area contributed by atoms with Crippen molar-refractivity contribution in [1.29, 1.82) is 0 Å². The average Bonchev–Trinajstić information content (AvgIpc) is 2.87. The molecule has 2 amide bonds. The molecule has 144 valence electrons. The Morgan fingerprint density at radius 3 is 2.33 bits per heavy atom. The highest BCUT2D eigenvalue weighted by Crippen LogP contribution is 2.29. The first-order valence-corrected chi connectivity index (χ1v) is 8.30. The molecule has 0 fully saturated rings. The number of benzene rings is 1. The van der Waals surface area contributed by atoms with Crippen molar-refractivity contribution < 1.29 is 33.6 Å². The van der Waals surface area contributed by atoms with Crippen molar-refractivity contribution in [3.8, 4) is 0 Å². The lowest BCUT2D eigenvalue weighted by Gasteiger charge is -2.24. The third-order valence-corrected chi connectivity index (χ3v) is 3.91. The zero-order valence-corrected chi connectivity index (χ0v) is 14.8. The Labute approximate surface area is 154 Å². The number of hydrogen-bond acceptors (Lipinski definition) is 8. The molecule has 0 bridgehead atoms. The summed E-state index contributed by atoms with van der Waals surface area (Å²) in [5, 5.41) is 10.9. The number of non-ortho nitro benzene ring substituents is 1. The number of hydrogen-bond donors (Lipinski definition) is 0. The normalized spacial score (nSPS) is 13.9. The molecule has 0 radical (unpaired) electrons. The minimum Gasteiger partial charge on any atom is -0.466 e. The Morgan fingerprint density at radius 2 is 1.74 bits per heavy atom. The molecule has 1 aliphatic heterocycles. The van der Waals surface area contributed by atoms with E-state index in [1.165, 1.54) is 6.07 Å². The molecule has 2 rings (SSSR count). The fraction of sp³-hybridized carbons (Fsp3) is 0.412. The zero-order valence-electron chi connectivity index (χ0n) is 14.8. The Balaban J connectivity index is 2.33. The first kappa shape index (κ1) is 20.0. The van der Waals surface area contributed by atoms with Gasteiger partial charge in [0.2, 0.25) is 0 Å². The van der Waals surface area contributed by atoms with Gasteiger partial charge in [0.1, 0.15) is 6.04 Å². The van der Waals surface area contributed by atoms with Gasteiger partial charge in [0.25, 0.3) is 17.5 Å². The van der Waals surface area contributed by atoms with Crippen LogP contribution in [-0.2, 0) is 19.1 Å². The molecule has 0 aliphatic carbocycles. The van der Waals surface area contributed by atoms with Gasteiger partial charge in [-0.1, -0.05) is 0 Å². The predicted molar refractivity (Wildman–Crippen MR) is 89.9 cm³/mol. The van der Waals surface area contributed by atoms with E-state index in [9.17, 15) is 29.3 Å². The summed E-state index contributed by atoms with van der Waals surface area (Å²) < 4.78 is 9.72. The van der Waals surface area contributed by atoms with Crippen LogP contribution in [0.15, 0.2) is 18.2 Å². The molecule has 0 unspecified atom stereocenters. The first-order valence-electron chi connectivity index (χ1n) is 8.30. The van der Waals surface area contributed by atoms with E-state index in [2.05, 4.69) is 0 Å². The molecular weight excluding hydrogens is 360 g/mol. The van der Waals surface area contributed by atoms with Crippen molar-refractivity contribution in [2.45, 2.75) is 32.7 Å². The molecule has 1 heterocycles. The summed E-state index contributed by atoms with van der Waals surface area (Å²) >= 11 is 0. The number of fused-ring (bicyclic) bond motifs is 1. The maximum Gasteiger partial charge on any atom is 0.329 e. The highest BCUT2D eigenvalue weighted by atomic mass is 16.6. The molecule has 1 aromatic rings. The highest BCUT2D eigenvalue weighted by molar-refractivity contribution is 6.23. The van der Waals surface area contributed by atoms with E-state index in [1.807, 2.05) is 0 Å². The van der Waals surface area contributed by atoms with Crippen molar-refractivity contribution in [2.24, 2.45) is 0 Å². The molecule has 1 aromatic carbocycles. The smallest absolute Gasteiger partial charge is 0.329 e. The van der Waals surface area contributed by atoms with Crippen LogP contribution in [0, 0.1) is 10.1 Å². The number of rotatable bonds is 8. The van der Waals surface area contributed by atoms with E-state index in [-0.39, 0.29) is 42.9 Å². The van der Waals surface area contributed by atoms with Crippen molar-refractivity contribution in [3.05, 3.63) is 39.4 Å². The maximum atomic E-state index is 12.7. The molecule has 0 aromatic heterocycles. The largest absolute Gasteiger partial charge is 0.466 e. The molecule has 10 nitrogen and oxygen atoms in total. The fourth-order valence-electron chi connectivity index (χ4n) is 2.72. The number of carbonyl (C=O) groups is 4. The van der Waals surface area contributed by atoms with Gasteiger partial charge in [0.15, 0.2) is 0 Å². The number of nitrogens with zero attached hydrogens (tertiary/aromatic N) is 2. The predicted octanol–water partition coefficient (Wildman–Crippen LogP) is 1.47. The van der Waals surface area contributed by atoms with Crippen LogP contribution in [0.5, 0.6) is 0 Å². The van der Waals surface area contributed by atoms with Crippen molar-refractivity contribution in [2.75, 3.05) is 13.2 Å². The molecule has 1 aliphatic rings. The molecule has 0 N–H and O–H groups in total. The third kappa shape index (κ3) is 4.10. The summed E-state index contributed by atoms with van der Waals surface area (Å²) in [4.78, 5) is 60.1. The summed E-state index contributed by atoms with van der Waals surface area (Å²) in [6.07, 6.45) is -0.379. The average molecular weight is 378 g/mol. The Bertz CT molecular complexity index is 804. The quantitative estimate of drug-likeness (QED) is 0.287. The summed E-state index contributed by atoms with van der Waals surface area (Å²) in [5.74, 6) is -3.04. The standard InChI is InChI=1S/C17H18N2O8/c1-3-26-14(20)8-7-13(17(23)27-4-2)18-15(21)11-6-5-10(19(24)25)9-12(11)16(18)22/h5-6,9,13H,3-4,7-8H2,1-2H3/t13-/m0/s1. The second-order valence-electron chi connectivity index (χ2n) is 5.58. The van der Waals surface area contributed by atoms with E-state index in [1.54, 1.807) is 13.8 Å². The van der Waals surface area contributed by atoms with Crippen LogP contribution in [0.2, 0.25) is 0 Å². The van der Waals surface area contributed by atoms with Crippen LogP contribution >= 0.6 is 0 Å².